The van der Waals surface area contributed by atoms with Crippen molar-refractivity contribution >= 4 is 56.1 Å². The Kier molecular flexibility index (Phi) is 7.69. The molecule has 1 heterocycles. The zero-order chi connectivity index (χ0) is 26.5. The molecule has 4 aromatic carbocycles. The van der Waals surface area contributed by atoms with Gasteiger partial charge in [-0.05, 0) is 41.5 Å². The summed E-state index contributed by atoms with van der Waals surface area (Å²) >= 11 is 7.22. The van der Waals surface area contributed by atoms with E-state index in [1.165, 1.54) is 18.2 Å². The molecule has 1 amide bonds. The van der Waals surface area contributed by atoms with E-state index in [1.54, 1.807) is 24.3 Å². The van der Waals surface area contributed by atoms with Crippen LogP contribution >= 0.6 is 23.4 Å². The van der Waals surface area contributed by atoms with E-state index in [9.17, 15) is 13.2 Å². The Morgan fingerprint density at radius 2 is 1.53 bits per heavy atom. The van der Waals surface area contributed by atoms with Gasteiger partial charge in [0.25, 0.3) is 15.2 Å². The van der Waals surface area contributed by atoms with E-state index >= 15 is 0 Å². The van der Waals surface area contributed by atoms with Gasteiger partial charge in [-0.1, -0.05) is 96.2 Å². The van der Waals surface area contributed by atoms with Crippen molar-refractivity contribution in [2.75, 3.05) is 10.5 Å². The molecule has 0 atom stereocenters. The van der Waals surface area contributed by atoms with E-state index < -0.39 is 10.0 Å². The van der Waals surface area contributed by atoms with Crippen LogP contribution in [-0.4, -0.2) is 25.1 Å². The normalized spacial score (nSPS) is 11.5. The highest BCUT2D eigenvalue weighted by atomic mass is 35.5. The fourth-order valence-corrected chi connectivity index (χ4v) is 5.83. The van der Waals surface area contributed by atoms with Crippen molar-refractivity contribution in [1.29, 1.82) is 0 Å². The summed E-state index contributed by atoms with van der Waals surface area (Å²) in [4.78, 5) is 17.3. The highest BCUT2D eigenvalue weighted by Gasteiger charge is 2.20. The number of rotatable bonds is 9. The Balaban J connectivity index is 1.28. The minimum atomic E-state index is -3.90. The molecule has 0 aliphatic heterocycles. The van der Waals surface area contributed by atoms with E-state index in [4.69, 9.17) is 16.0 Å². The summed E-state index contributed by atoms with van der Waals surface area (Å²) in [6.07, 6.45) is 0. The molecule has 0 saturated heterocycles. The second-order valence-corrected chi connectivity index (χ2v) is 11.3. The number of nitrogens with one attached hydrogen (secondary N) is 2. The van der Waals surface area contributed by atoms with Crippen molar-refractivity contribution in [3.8, 4) is 0 Å². The maximum absolute atomic E-state index is 12.9. The molecule has 0 radical (unpaired) electrons. The van der Waals surface area contributed by atoms with Crippen molar-refractivity contribution in [1.82, 2.24) is 10.3 Å². The molecule has 10 heteroatoms. The number of anilines is 1. The fourth-order valence-electron chi connectivity index (χ4n) is 3.84. The molecule has 5 aromatic rings. The van der Waals surface area contributed by atoms with Crippen LogP contribution in [0.2, 0.25) is 5.02 Å². The van der Waals surface area contributed by atoms with Gasteiger partial charge < -0.3 is 9.73 Å². The molecule has 0 unspecified atom stereocenters. The summed E-state index contributed by atoms with van der Waals surface area (Å²) in [5.74, 6) is -0.121. The first-order valence-corrected chi connectivity index (χ1v) is 14.4. The smallest absolute Gasteiger partial charge is 0.262 e. The van der Waals surface area contributed by atoms with Gasteiger partial charge in [-0.2, -0.15) is 0 Å². The third-order valence-corrected chi connectivity index (χ3v) is 8.19. The number of benzene rings is 4. The molecule has 0 aliphatic rings. The molecule has 0 bridgehead atoms. The SMILES string of the molecule is O=C(CSc1nc2cc(S(=O)(=O)Nc3ccccc3Cl)ccc2o1)NC(c1ccccc1)c1ccccc1. The van der Waals surface area contributed by atoms with Gasteiger partial charge in [0.05, 0.1) is 27.4 Å². The molecule has 0 fully saturated rings. The molecular formula is C28H22ClN3O4S2. The first-order valence-electron chi connectivity index (χ1n) is 11.6. The topological polar surface area (TPSA) is 101 Å². The van der Waals surface area contributed by atoms with Crippen LogP contribution in [0.5, 0.6) is 0 Å². The van der Waals surface area contributed by atoms with E-state index in [1.807, 2.05) is 60.7 Å². The fraction of sp³-hybridized carbons (Fsp3) is 0.0714. The van der Waals surface area contributed by atoms with Crippen molar-refractivity contribution in [3.05, 3.63) is 119 Å². The van der Waals surface area contributed by atoms with Crippen molar-refractivity contribution in [3.63, 3.8) is 0 Å². The lowest BCUT2D eigenvalue weighted by atomic mass is 9.99. The lowest BCUT2D eigenvalue weighted by Gasteiger charge is -2.19. The van der Waals surface area contributed by atoms with Crippen molar-refractivity contribution in [2.45, 2.75) is 16.2 Å². The van der Waals surface area contributed by atoms with Crippen LogP contribution in [0.3, 0.4) is 0 Å². The molecular weight excluding hydrogens is 542 g/mol. The average molecular weight is 564 g/mol. The molecule has 0 saturated carbocycles. The highest BCUT2D eigenvalue weighted by Crippen LogP contribution is 2.28. The maximum atomic E-state index is 12.9. The Bertz CT molecular complexity index is 1640. The van der Waals surface area contributed by atoms with Gasteiger partial charge in [-0.3, -0.25) is 9.52 Å². The third kappa shape index (κ3) is 6.02. The number of aromatic nitrogens is 1. The standard InChI is InChI=1S/C28H22ClN3O4S2/c29-22-13-7-8-14-23(22)32-38(34,35)21-15-16-25-24(17-21)30-28(36-25)37-18-26(33)31-27(19-9-3-1-4-10-19)20-11-5-2-6-12-20/h1-17,27,32H,18H2,(H,31,33). The Hall–Kier alpha value is -3.79. The van der Waals surface area contributed by atoms with Crippen LogP contribution in [0.15, 0.2) is 118 Å². The summed E-state index contributed by atoms with van der Waals surface area (Å²) in [6, 6.07) is 30.1. The number of thioether (sulfide) groups is 1. The van der Waals surface area contributed by atoms with Crippen LogP contribution in [-0.2, 0) is 14.8 Å². The first kappa shape index (κ1) is 25.8. The molecule has 1 aromatic heterocycles. The van der Waals surface area contributed by atoms with Crippen LogP contribution in [0.25, 0.3) is 11.1 Å². The number of nitrogens with zero attached hydrogens (tertiary/aromatic N) is 1. The zero-order valence-electron chi connectivity index (χ0n) is 19.9. The number of carbonyl (C=O) groups excluding carboxylic acids is 1. The summed E-state index contributed by atoms with van der Waals surface area (Å²) in [5, 5.41) is 3.64. The summed E-state index contributed by atoms with van der Waals surface area (Å²) in [5.41, 5.74) is 2.99. The average Bonchev–Trinajstić information content (AvgIpc) is 3.35. The van der Waals surface area contributed by atoms with E-state index in [-0.39, 0.29) is 38.5 Å². The third-order valence-electron chi connectivity index (χ3n) is 5.67. The van der Waals surface area contributed by atoms with Crippen LogP contribution in [0.4, 0.5) is 5.69 Å². The number of amides is 1. The summed E-state index contributed by atoms with van der Waals surface area (Å²) in [7, 11) is -3.90. The maximum Gasteiger partial charge on any atom is 0.262 e. The largest absolute Gasteiger partial charge is 0.431 e. The Morgan fingerprint density at radius 3 is 2.18 bits per heavy atom. The number of oxazole rings is 1. The molecule has 7 nitrogen and oxygen atoms in total. The molecule has 0 spiro atoms. The van der Waals surface area contributed by atoms with Crippen LogP contribution in [0.1, 0.15) is 17.2 Å². The second kappa shape index (κ2) is 11.3. The number of carbonyl (C=O) groups is 1. The minimum absolute atomic E-state index is 0.0149. The van der Waals surface area contributed by atoms with Gasteiger partial charge in [0.15, 0.2) is 5.58 Å². The van der Waals surface area contributed by atoms with Gasteiger partial charge in [0.2, 0.25) is 5.91 Å². The summed E-state index contributed by atoms with van der Waals surface area (Å²) in [6.45, 7) is 0. The van der Waals surface area contributed by atoms with Gasteiger partial charge in [-0.15, -0.1) is 0 Å². The number of hydrogen-bond donors (Lipinski definition) is 2. The van der Waals surface area contributed by atoms with Crippen LogP contribution < -0.4 is 10.0 Å². The van der Waals surface area contributed by atoms with E-state index in [0.29, 0.717) is 11.1 Å². The van der Waals surface area contributed by atoms with Gasteiger partial charge in [0.1, 0.15) is 5.52 Å². The Morgan fingerprint density at radius 1 is 0.895 bits per heavy atom. The van der Waals surface area contributed by atoms with E-state index in [2.05, 4.69) is 15.0 Å². The highest BCUT2D eigenvalue weighted by molar-refractivity contribution is 7.99. The molecule has 38 heavy (non-hydrogen) atoms. The first-order chi connectivity index (χ1) is 18.4. The number of fused-ring (bicyclic) bond motifs is 1. The van der Waals surface area contributed by atoms with Gasteiger partial charge in [0, 0.05) is 0 Å². The van der Waals surface area contributed by atoms with Crippen LogP contribution in [0, 0.1) is 0 Å². The quantitative estimate of drug-likeness (QED) is 0.205. The minimum Gasteiger partial charge on any atom is -0.431 e. The van der Waals surface area contributed by atoms with Gasteiger partial charge >= 0.3 is 0 Å². The van der Waals surface area contributed by atoms with Gasteiger partial charge in [-0.25, -0.2) is 13.4 Å². The molecule has 2 N–H and O–H groups in total. The predicted octanol–water partition coefficient (Wildman–Crippen LogP) is 6.28. The lowest BCUT2D eigenvalue weighted by molar-refractivity contribution is -0.119. The molecule has 192 valence electrons. The molecule has 0 aliphatic carbocycles. The second-order valence-electron chi connectivity index (χ2n) is 8.31. The number of hydrogen-bond acceptors (Lipinski definition) is 6. The monoisotopic (exact) mass is 563 g/mol. The number of halogens is 1. The summed E-state index contributed by atoms with van der Waals surface area (Å²) < 4.78 is 34.0. The predicted molar refractivity (Wildman–Crippen MR) is 150 cm³/mol. The number of sulfonamides is 1. The number of para-hydroxylation sites is 1. The molecule has 5 rings (SSSR count). The van der Waals surface area contributed by atoms with Crippen molar-refractivity contribution in [2.24, 2.45) is 0 Å². The lowest BCUT2D eigenvalue weighted by Crippen LogP contribution is -2.30. The zero-order valence-corrected chi connectivity index (χ0v) is 22.3. The van der Waals surface area contributed by atoms with Crippen molar-refractivity contribution < 1.29 is 17.6 Å². The Labute approximate surface area is 229 Å². The van der Waals surface area contributed by atoms with E-state index in [0.717, 1.165) is 22.9 Å².